The lowest BCUT2D eigenvalue weighted by atomic mass is 9.96. The van der Waals surface area contributed by atoms with Crippen LogP contribution in [-0.2, 0) is 6.54 Å². The number of likely N-dealkylation sites (tertiary alicyclic amines) is 1. The molecule has 3 rings (SSSR count). The number of hydrogen-bond donors (Lipinski definition) is 2. The van der Waals surface area contributed by atoms with Crippen LogP contribution in [0.5, 0.6) is 5.75 Å². The van der Waals surface area contributed by atoms with Crippen LogP contribution in [0.15, 0.2) is 58.4 Å². The van der Waals surface area contributed by atoms with Crippen LogP contribution in [0.4, 0.5) is 23.7 Å². The molecule has 1 saturated heterocycles. The van der Waals surface area contributed by atoms with Crippen molar-refractivity contribution >= 4 is 29.3 Å². The summed E-state index contributed by atoms with van der Waals surface area (Å²) in [6, 6.07) is 12.7. The molecule has 6 nitrogen and oxygen atoms in total. The van der Waals surface area contributed by atoms with Gasteiger partial charge in [0.1, 0.15) is 11.6 Å². The molecule has 1 aliphatic rings. The summed E-state index contributed by atoms with van der Waals surface area (Å²) in [5.74, 6) is 0.894. The lowest BCUT2D eigenvalue weighted by Crippen LogP contribution is -2.41. The fourth-order valence-corrected chi connectivity index (χ4v) is 4.07. The van der Waals surface area contributed by atoms with Gasteiger partial charge in [0.05, 0.1) is 7.11 Å². The first-order valence-electron chi connectivity index (χ1n) is 10.1. The number of nitrogens with two attached hydrogens (primary N) is 1. The number of hydrogen-bond acceptors (Lipinski definition) is 4. The van der Waals surface area contributed by atoms with Crippen molar-refractivity contribution in [1.82, 2.24) is 4.90 Å². The molecule has 0 aliphatic carbocycles. The van der Waals surface area contributed by atoms with Crippen LogP contribution < -0.4 is 15.8 Å². The van der Waals surface area contributed by atoms with E-state index in [4.69, 9.17) is 10.5 Å². The molecule has 3 N–H and O–H groups in total. The Kier molecular flexibility index (Phi) is 8.03. The number of methoxy groups -OCH3 is 1. The van der Waals surface area contributed by atoms with E-state index in [0.29, 0.717) is 24.5 Å². The van der Waals surface area contributed by atoms with Gasteiger partial charge >= 0.3 is 11.5 Å². The Morgan fingerprint density at radius 2 is 1.91 bits per heavy atom. The summed E-state index contributed by atoms with van der Waals surface area (Å²) in [7, 11) is 1.56. The predicted molar refractivity (Wildman–Crippen MR) is 120 cm³/mol. The van der Waals surface area contributed by atoms with Crippen molar-refractivity contribution in [2.24, 2.45) is 16.6 Å². The number of thioether (sulfide) groups is 1. The molecule has 0 aromatic heterocycles. The van der Waals surface area contributed by atoms with Crippen molar-refractivity contribution in [2.45, 2.75) is 29.8 Å². The quantitative estimate of drug-likeness (QED) is 0.351. The summed E-state index contributed by atoms with van der Waals surface area (Å²) < 4.78 is 42.5. The van der Waals surface area contributed by atoms with E-state index in [1.807, 2.05) is 0 Å². The highest BCUT2D eigenvalue weighted by Crippen LogP contribution is 2.36. The number of ether oxygens (including phenoxy) is 1. The topological polar surface area (TPSA) is 79.9 Å². The van der Waals surface area contributed by atoms with E-state index in [2.05, 4.69) is 15.2 Å². The maximum absolute atomic E-state index is 12.5. The van der Waals surface area contributed by atoms with Crippen LogP contribution in [0.2, 0.25) is 0 Å². The Labute approximate surface area is 189 Å². The van der Waals surface area contributed by atoms with E-state index < -0.39 is 11.5 Å². The molecule has 0 saturated carbocycles. The monoisotopic (exact) mass is 466 g/mol. The van der Waals surface area contributed by atoms with Crippen molar-refractivity contribution in [3.8, 4) is 5.75 Å². The van der Waals surface area contributed by atoms with E-state index in [9.17, 15) is 18.0 Å². The minimum atomic E-state index is -4.29. The van der Waals surface area contributed by atoms with E-state index in [0.717, 1.165) is 24.9 Å². The summed E-state index contributed by atoms with van der Waals surface area (Å²) in [6.07, 6.45) is 1.71. The number of amides is 2. The van der Waals surface area contributed by atoms with Gasteiger partial charge in [0.15, 0.2) is 0 Å². The first-order chi connectivity index (χ1) is 15.2. The van der Waals surface area contributed by atoms with Crippen LogP contribution in [-0.4, -0.2) is 42.5 Å². The average Bonchev–Trinajstić information content (AvgIpc) is 2.75. The van der Waals surface area contributed by atoms with Crippen LogP contribution in [0.1, 0.15) is 18.4 Å². The lowest BCUT2D eigenvalue weighted by molar-refractivity contribution is -0.0328. The summed E-state index contributed by atoms with van der Waals surface area (Å²) in [4.78, 5) is 18.6. The number of piperidine rings is 1. The zero-order valence-corrected chi connectivity index (χ0v) is 18.4. The Balaban J connectivity index is 1.54. The van der Waals surface area contributed by atoms with Gasteiger partial charge in [0, 0.05) is 29.6 Å². The van der Waals surface area contributed by atoms with Gasteiger partial charge in [-0.2, -0.15) is 18.2 Å². The number of rotatable bonds is 6. The number of urea groups is 1. The second kappa shape index (κ2) is 10.7. The number of anilines is 1. The molecular weight excluding hydrogens is 441 g/mol. The molecule has 2 aromatic rings. The molecule has 1 fully saturated rings. The highest BCUT2D eigenvalue weighted by Gasteiger charge is 2.29. The molecule has 0 spiro atoms. The zero-order valence-electron chi connectivity index (χ0n) is 17.6. The van der Waals surface area contributed by atoms with E-state index >= 15 is 0 Å². The number of amidine groups is 1. The number of benzene rings is 2. The predicted octanol–water partition coefficient (Wildman–Crippen LogP) is 5.11. The Morgan fingerprint density at radius 1 is 1.22 bits per heavy atom. The van der Waals surface area contributed by atoms with Crippen molar-refractivity contribution in [3.05, 3.63) is 54.1 Å². The van der Waals surface area contributed by atoms with Crippen LogP contribution in [0, 0.1) is 5.92 Å². The second-order valence-corrected chi connectivity index (χ2v) is 8.60. The molecule has 2 aromatic carbocycles. The Morgan fingerprint density at radius 3 is 2.53 bits per heavy atom. The smallest absolute Gasteiger partial charge is 0.446 e. The molecule has 1 heterocycles. The molecule has 1 unspecified atom stereocenters. The molecule has 1 aliphatic heterocycles. The largest absolute Gasteiger partial charge is 0.497 e. The maximum Gasteiger partial charge on any atom is 0.446 e. The number of carbonyl (C=O) groups excluding carboxylic acids is 1. The molecule has 2 amide bonds. The third-order valence-electron chi connectivity index (χ3n) is 5.06. The average molecular weight is 467 g/mol. The number of alkyl halides is 3. The molecule has 0 bridgehead atoms. The van der Waals surface area contributed by atoms with E-state index in [-0.39, 0.29) is 28.4 Å². The highest BCUT2D eigenvalue weighted by atomic mass is 32.2. The van der Waals surface area contributed by atoms with Crippen molar-refractivity contribution in [1.29, 1.82) is 0 Å². The lowest BCUT2D eigenvalue weighted by Gasteiger charge is -2.32. The maximum atomic E-state index is 12.5. The van der Waals surface area contributed by atoms with Crippen molar-refractivity contribution < 1.29 is 22.7 Å². The third kappa shape index (κ3) is 7.45. The zero-order chi connectivity index (χ0) is 23.1. The standard InChI is InChI=1S/C22H25F3N4O2S/c1-31-18-8-6-17(7-9-18)27-21(30)28-20(26)16-3-2-12-29(14-16)13-15-4-10-19(11-5-15)32-22(23,24)25/h4-11,16H,2-3,12-14H2,1H3,(H3,26,27,28,30). The number of nitrogens with one attached hydrogen (secondary N) is 1. The van der Waals surface area contributed by atoms with E-state index in [1.165, 1.54) is 12.1 Å². The fraction of sp³-hybridized carbons (Fsp3) is 0.364. The van der Waals surface area contributed by atoms with Gasteiger partial charge in [-0.1, -0.05) is 12.1 Å². The summed E-state index contributed by atoms with van der Waals surface area (Å²) in [6.45, 7) is 2.07. The first kappa shape index (κ1) is 23.9. The van der Waals surface area contributed by atoms with Gasteiger partial charge in [0.2, 0.25) is 0 Å². The molecule has 172 valence electrons. The van der Waals surface area contributed by atoms with Gasteiger partial charge in [-0.15, -0.1) is 0 Å². The molecule has 1 atom stereocenters. The second-order valence-electron chi connectivity index (χ2n) is 7.46. The number of carbonyl (C=O) groups is 1. The van der Waals surface area contributed by atoms with E-state index in [1.54, 1.807) is 43.5 Å². The molecule has 32 heavy (non-hydrogen) atoms. The van der Waals surface area contributed by atoms with Crippen LogP contribution >= 0.6 is 11.8 Å². The van der Waals surface area contributed by atoms with Crippen LogP contribution in [0.25, 0.3) is 0 Å². The molecular formula is C22H25F3N4O2S. The summed E-state index contributed by atoms with van der Waals surface area (Å²) in [5.41, 5.74) is 3.33. The minimum Gasteiger partial charge on any atom is -0.497 e. The van der Waals surface area contributed by atoms with Gasteiger partial charge in [-0.05, 0) is 73.1 Å². The van der Waals surface area contributed by atoms with Gasteiger partial charge in [0.25, 0.3) is 0 Å². The Bertz CT molecular complexity index is 934. The van der Waals surface area contributed by atoms with Gasteiger partial charge in [-0.25, -0.2) is 4.79 Å². The first-order valence-corrected chi connectivity index (χ1v) is 10.9. The summed E-state index contributed by atoms with van der Waals surface area (Å²) >= 11 is -0.122. The third-order valence-corrected chi connectivity index (χ3v) is 5.80. The number of halogens is 3. The van der Waals surface area contributed by atoms with Crippen LogP contribution in [0.3, 0.4) is 0 Å². The molecule has 0 radical (unpaired) electrons. The van der Waals surface area contributed by atoms with Gasteiger partial charge < -0.3 is 15.8 Å². The molecule has 10 heteroatoms. The van der Waals surface area contributed by atoms with Gasteiger partial charge in [-0.3, -0.25) is 4.90 Å². The SMILES string of the molecule is COc1ccc(NC(=O)/N=C(\N)C2CCCN(Cc3ccc(SC(F)(F)F)cc3)C2)cc1. The van der Waals surface area contributed by atoms with Crippen molar-refractivity contribution in [2.75, 3.05) is 25.5 Å². The fourth-order valence-electron chi connectivity index (χ4n) is 3.53. The minimum absolute atomic E-state index is 0.0644. The summed E-state index contributed by atoms with van der Waals surface area (Å²) in [5, 5.41) is 2.68. The Hall–Kier alpha value is -2.72. The normalized spacial score (nSPS) is 17.8. The number of aliphatic imine (C=N–C) groups is 1. The number of nitrogens with zero attached hydrogens (tertiary/aromatic N) is 2. The van der Waals surface area contributed by atoms with Crippen molar-refractivity contribution in [3.63, 3.8) is 0 Å². The highest BCUT2D eigenvalue weighted by molar-refractivity contribution is 8.00.